The predicted octanol–water partition coefficient (Wildman–Crippen LogP) is 6.34. The number of hydrogen-bond donors (Lipinski definition) is 2. The number of allylic oxidation sites excluding steroid dienone is 1. The molecular formula is C24H17BrCl2N6O. The molecule has 0 aliphatic carbocycles. The molecule has 2 N–H and O–H groups in total. The van der Waals surface area contributed by atoms with Crippen molar-refractivity contribution in [1.29, 1.82) is 0 Å². The van der Waals surface area contributed by atoms with E-state index in [4.69, 9.17) is 28.3 Å². The van der Waals surface area contributed by atoms with Gasteiger partial charge in [-0.25, -0.2) is 4.68 Å². The summed E-state index contributed by atoms with van der Waals surface area (Å²) in [7, 11) is 0. The van der Waals surface area contributed by atoms with Crippen LogP contribution < -0.4 is 10.6 Å². The van der Waals surface area contributed by atoms with Gasteiger partial charge < -0.3 is 10.6 Å². The Morgan fingerprint density at radius 2 is 2.00 bits per heavy atom. The van der Waals surface area contributed by atoms with Gasteiger partial charge in [-0.05, 0) is 55.0 Å². The number of carbonyl (C=O) groups excluding carboxylic acids is 1. The molecule has 0 bridgehead atoms. The first kappa shape index (κ1) is 22.6. The molecule has 2 aromatic carbocycles. The largest absolute Gasteiger partial charge is 0.328 e. The van der Waals surface area contributed by atoms with Gasteiger partial charge in [-0.2, -0.15) is 4.98 Å². The summed E-state index contributed by atoms with van der Waals surface area (Å²) in [6.07, 6.45) is 3.25. The van der Waals surface area contributed by atoms with Gasteiger partial charge in [-0.1, -0.05) is 51.3 Å². The fourth-order valence-corrected chi connectivity index (χ4v) is 4.76. The standard InChI is InChI=1S/C24H17BrCl2N6O/c1-13-20(23(34)30-17-6-3-9-28-12-17)21(14-4-2-5-15(25)10-14)33-24(29-13)31-22(32-33)18-8-7-16(26)11-19(18)27/h2-12,21H,1H3,(H,30,34)(H,29,31,32). The van der Waals surface area contributed by atoms with E-state index in [0.29, 0.717) is 44.3 Å². The average Bonchev–Trinajstić information content (AvgIpc) is 3.21. The molecule has 2 aromatic heterocycles. The van der Waals surface area contributed by atoms with Gasteiger partial charge in [-0.15, -0.1) is 5.10 Å². The zero-order valence-corrected chi connectivity index (χ0v) is 20.9. The summed E-state index contributed by atoms with van der Waals surface area (Å²) in [5.74, 6) is 0.655. The van der Waals surface area contributed by atoms with E-state index >= 15 is 0 Å². The molecule has 1 unspecified atom stereocenters. The fraction of sp³-hybridized carbons (Fsp3) is 0.0833. The molecule has 1 atom stereocenters. The molecule has 1 aliphatic rings. The maximum atomic E-state index is 13.5. The van der Waals surface area contributed by atoms with Gasteiger partial charge in [0.15, 0.2) is 5.82 Å². The van der Waals surface area contributed by atoms with E-state index in [9.17, 15) is 4.79 Å². The Morgan fingerprint density at radius 3 is 2.74 bits per heavy atom. The molecular weight excluding hydrogens is 539 g/mol. The quantitative estimate of drug-likeness (QED) is 0.307. The smallest absolute Gasteiger partial charge is 0.255 e. The van der Waals surface area contributed by atoms with Gasteiger partial charge in [0.05, 0.1) is 22.5 Å². The van der Waals surface area contributed by atoms with Crippen LogP contribution in [0.4, 0.5) is 11.6 Å². The molecule has 0 fully saturated rings. The minimum atomic E-state index is -0.530. The van der Waals surface area contributed by atoms with Gasteiger partial charge in [0, 0.05) is 27.0 Å². The van der Waals surface area contributed by atoms with E-state index in [-0.39, 0.29) is 5.91 Å². The second-order valence-corrected chi connectivity index (χ2v) is 9.40. The molecule has 0 radical (unpaired) electrons. The molecule has 1 aliphatic heterocycles. The zero-order chi connectivity index (χ0) is 23.8. The second kappa shape index (κ2) is 9.21. The molecule has 0 saturated carbocycles. The van der Waals surface area contributed by atoms with E-state index in [1.807, 2.05) is 31.2 Å². The summed E-state index contributed by atoms with van der Waals surface area (Å²) >= 11 is 16.0. The molecule has 5 rings (SSSR count). The summed E-state index contributed by atoms with van der Waals surface area (Å²) in [6.45, 7) is 1.84. The van der Waals surface area contributed by atoms with Crippen LogP contribution in [0.1, 0.15) is 18.5 Å². The Hall–Kier alpha value is -3.20. The van der Waals surface area contributed by atoms with Crippen LogP contribution in [0.15, 0.2) is 82.7 Å². The highest BCUT2D eigenvalue weighted by Crippen LogP contribution is 2.38. The third-order valence-electron chi connectivity index (χ3n) is 5.35. The van der Waals surface area contributed by atoms with Gasteiger partial charge >= 0.3 is 0 Å². The Labute approximate surface area is 214 Å². The number of amides is 1. The van der Waals surface area contributed by atoms with Crippen LogP contribution in [-0.2, 0) is 4.79 Å². The lowest BCUT2D eigenvalue weighted by Gasteiger charge is -2.28. The SMILES string of the molecule is CC1=C(C(=O)Nc2cccnc2)C(c2cccc(Br)c2)n2nc(-c3ccc(Cl)cc3Cl)nc2N1. The lowest BCUT2D eigenvalue weighted by Crippen LogP contribution is -2.31. The third-order valence-corrected chi connectivity index (χ3v) is 6.39. The highest BCUT2D eigenvalue weighted by molar-refractivity contribution is 9.10. The van der Waals surface area contributed by atoms with Crippen molar-refractivity contribution in [3.8, 4) is 11.4 Å². The second-order valence-electron chi connectivity index (χ2n) is 7.64. The normalized spacial score (nSPS) is 15.0. The van der Waals surface area contributed by atoms with Crippen LogP contribution in [-0.4, -0.2) is 25.7 Å². The number of fused-ring (bicyclic) bond motifs is 1. The van der Waals surface area contributed by atoms with Gasteiger partial charge in [-0.3, -0.25) is 9.78 Å². The van der Waals surface area contributed by atoms with E-state index in [0.717, 1.165) is 10.0 Å². The molecule has 4 aromatic rings. The van der Waals surface area contributed by atoms with Crippen molar-refractivity contribution in [3.63, 3.8) is 0 Å². The van der Waals surface area contributed by atoms with Gasteiger partial charge in [0.2, 0.25) is 5.95 Å². The summed E-state index contributed by atoms with van der Waals surface area (Å²) in [4.78, 5) is 22.2. The Bertz CT molecular complexity index is 1440. The van der Waals surface area contributed by atoms with Crippen molar-refractivity contribution < 1.29 is 4.79 Å². The zero-order valence-electron chi connectivity index (χ0n) is 17.8. The summed E-state index contributed by atoms with van der Waals surface area (Å²) in [5.41, 5.74) is 3.28. The van der Waals surface area contributed by atoms with Crippen molar-refractivity contribution in [2.75, 3.05) is 10.6 Å². The first-order valence-electron chi connectivity index (χ1n) is 10.3. The van der Waals surface area contributed by atoms with Crippen molar-refractivity contribution in [3.05, 3.63) is 98.3 Å². The molecule has 3 heterocycles. The summed E-state index contributed by atoms with van der Waals surface area (Å²) < 4.78 is 2.59. The maximum absolute atomic E-state index is 13.5. The van der Waals surface area contributed by atoms with E-state index in [1.165, 1.54) is 0 Å². The molecule has 170 valence electrons. The topological polar surface area (TPSA) is 84.7 Å². The van der Waals surface area contributed by atoms with Crippen molar-refractivity contribution in [2.24, 2.45) is 0 Å². The number of carbonyl (C=O) groups is 1. The van der Waals surface area contributed by atoms with Gasteiger partial charge in [0.1, 0.15) is 6.04 Å². The number of aromatic nitrogens is 4. The minimum absolute atomic E-state index is 0.268. The Morgan fingerprint density at radius 1 is 1.15 bits per heavy atom. The van der Waals surface area contributed by atoms with Crippen LogP contribution in [0.2, 0.25) is 10.0 Å². The summed E-state index contributed by atoms with van der Waals surface area (Å²) in [6, 6.07) is 15.9. The van der Waals surface area contributed by atoms with Crippen LogP contribution >= 0.6 is 39.1 Å². The average molecular weight is 556 g/mol. The van der Waals surface area contributed by atoms with E-state index < -0.39 is 6.04 Å². The third kappa shape index (κ3) is 4.32. The minimum Gasteiger partial charge on any atom is -0.328 e. The molecule has 7 nitrogen and oxygen atoms in total. The monoisotopic (exact) mass is 554 g/mol. The first-order chi connectivity index (χ1) is 16.4. The van der Waals surface area contributed by atoms with E-state index in [1.54, 1.807) is 47.4 Å². The maximum Gasteiger partial charge on any atom is 0.255 e. The van der Waals surface area contributed by atoms with Crippen LogP contribution in [0, 0.1) is 0 Å². The summed E-state index contributed by atoms with van der Waals surface area (Å²) in [5, 5.41) is 11.9. The molecule has 34 heavy (non-hydrogen) atoms. The Balaban J connectivity index is 1.62. The highest BCUT2D eigenvalue weighted by atomic mass is 79.9. The van der Waals surface area contributed by atoms with Crippen LogP contribution in [0.5, 0.6) is 0 Å². The van der Waals surface area contributed by atoms with Crippen LogP contribution in [0.3, 0.4) is 0 Å². The Kier molecular flexibility index (Phi) is 6.12. The lowest BCUT2D eigenvalue weighted by atomic mass is 9.95. The number of nitrogens with zero attached hydrogens (tertiary/aromatic N) is 4. The van der Waals surface area contributed by atoms with Gasteiger partial charge in [0.25, 0.3) is 5.91 Å². The number of rotatable bonds is 4. The molecule has 1 amide bonds. The van der Waals surface area contributed by atoms with Crippen molar-refractivity contribution in [2.45, 2.75) is 13.0 Å². The van der Waals surface area contributed by atoms with E-state index in [2.05, 4.69) is 36.5 Å². The molecule has 0 saturated heterocycles. The molecule has 10 heteroatoms. The number of benzene rings is 2. The predicted molar refractivity (Wildman–Crippen MR) is 137 cm³/mol. The van der Waals surface area contributed by atoms with Crippen molar-refractivity contribution in [1.82, 2.24) is 19.7 Å². The lowest BCUT2D eigenvalue weighted by molar-refractivity contribution is -0.113. The van der Waals surface area contributed by atoms with Crippen molar-refractivity contribution >= 4 is 56.7 Å². The number of halogens is 3. The van der Waals surface area contributed by atoms with Crippen LogP contribution in [0.25, 0.3) is 11.4 Å². The molecule has 0 spiro atoms. The fourth-order valence-electron chi connectivity index (χ4n) is 3.85. The number of anilines is 2. The number of hydrogen-bond acceptors (Lipinski definition) is 5. The highest BCUT2D eigenvalue weighted by Gasteiger charge is 2.34. The first-order valence-corrected chi connectivity index (χ1v) is 11.8. The number of nitrogens with one attached hydrogen (secondary N) is 2. The number of pyridine rings is 1.